The van der Waals surface area contributed by atoms with Crippen molar-refractivity contribution in [2.45, 2.75) is 39.0 Å². The van der Waals surface area contributed by atoms with Crippen LogP contribution in [0.15, 0.2) is 16.7 Å². The van der Waals surface area contributed by atoms with Crippen molar-refractivity contribution in [3.05, 3.63) is 22.3 Å². The summed E-state index contributed by atoms with van der Waals surface area (Å²) in [5, 5.41) is 3.38. The van der Waals surface area contributed by atoms with Gasteiger partial charge in [0, 0.05) is 35.2 Å². The predicted molar refractivity (Wildman–Crippen MR) is 73.8 cm³/mol. The Morgan fingerprint density at radius 2 is 2.44 bits per heavy atom. The first-order valence-electron chi connectivity index (χ1n) is 6.27. The van der Waals surface area contributed by atoms with Crippen LogP contribution in [0.3, 0.4) is 0 Å². The number of pyridine rings is 1. The summed E-state index contributed by atoms with van der Waals surface area (Å²) >= 11 is 3.45. The predicted octanol–water partition coefficient (Wildman–Crippen LogP) is 2.51. The first kappa shape index (κ1) is 13.8. The summed E-state index contributed by atoms with van der Waals surface area (Å²) in [6.45, 7) is 6.44. The molecule has 5 heteroatoms. The Morgan fingerprint density at radius 1 is 1.61 bits per heavy atom. The average Bonchev–Trinajstić information content (AvgIpc) is 2.82. The van der Waals surface area contributed by atoms with E-state index in [1.54, 1.807) is 6.20 Å². The molecule has 100 valence electrons. The van der Waals surface area contributed by atoms with Gasteiger partial charge in [0.2, 0.25) is 5.88 Å². The molecule has 0 aliphatic carbocycles. The maximum Gasteiger partial charge on any atom is 0.218 e. The zero-order valence-electron chi connectivity index (χ0n) is 10.8. The van der Waals surface area contributed by atoms with Gasteiger partial charge in [-0.05, 0) is 22.0 Å². The summed E-state index contributed by atoms with van der Waals surface area (Å²) in [5.41, 5.74) is 1.07. The number of aromatic nitrogens is 1. The maximum atomic E-state index is 5.90. The molecule has 1 atom stereocenters. The largest absolute Gasteiger partial charge is 0.472 e. The molecule has 0 radical (unpaired) electrons. The molecule has 0 saturated carbocycles. The minimum atomic E-state index is 0.136. The molecule has 2 rings (SSSR count). The van der Waals surface area contributed by atoms with Crippen LogP contribution in [-0.2, 0) is 11.3 Å². The standard InChI is InChI=1S/C13H19BrN2O2/c1-9(2)15-6-10-5-11(14)7-16-13(10)18-12-3-4-17-8-12/h5,7,9,12,15H,3-4,6,8H2,1-2H3. The lowest BCUT2D eigenvalue weighted by atomic mass is 10.2. The monoisotopic (exact) mass is 314 g/mol. The molecule has 1 aliphatic rings. The molecule has 2 heterocycles. The third kappa shape index (κ3) is 3.93. The highest BCUT2D eigenvalue weighted by molar-refractivity contribution is 9.10. The lowest BCUT2D eigenvalue weighted by Crippen LogP contribution is -2.23. The first-order chi connectivity index (χ1) is 8.65. The Morgan fingerprint density at radius 3 is 3.11 bits per heavy atom. The SMILES string of the molecule is CC(C)NCc1cc(Br)cnc1OC1CCOC1. The number of rotatable bonds is 5. The van der Waals surface area contributed by atoms with Gasteiger partial charge in [0.1, 0.15) is 6.10 Å². The quantitative estimate of drug-likeness (QED) is 0.907. The van der Waals surface area contributed by atoms with Crippen molar-refractivity contribution in [3.8, 4) is 5.88 Å². The van der Waals surface area contributed by atoms with E-state index in [0.717, 1.165) is 29.6 Å². The van der Waals surface area contributed by atoms with E-state index in [-0.39, 0.29) is 6.10 Å². The Hall–Kier alpha value is -0.650. The molecule has 0 bridgehead atoms. The molecule has 1 aromatic heterocycles. The van der Waals surface area contributed by atoms with Gasteiger partial charge in [-0.3, -0.25) is 0 Å². The first-order valence-corrected chi connectivity index (χ1v) is 7.06. The van der Waals surface area contributed by atoms with Crippen LogP contribution in [0.1, 0.15) is 25.8 Å². The minimum Gasteiger partial charge on any atom is -0.472 e. The van der Waals surface area contributed by atoms with Crippen LogP contribution < -0.4 is 10.1 Å². The van der Waals surface area contributed by atoms with E-state index in [4.69, 9.17) is 9.47 Å². The highest BCUT2D eigenvalue weighted by atomic mass is 79.9. The lowest BCUT2D eigenvalue weighted by Gasteiger charge is -2.16. The van der Waals surface area contributed by atoms with Crippen molar-refractivity contribution in [1.82, 2.24) is 10.3 Å². The topological polar surface area (TPSA) is 43.4 Å². The van der Waals surface area contributed by atoms with Gasteiger partial charge in [-0.2, -0.15) is 0 Å². The van der Waals surface area contributed by atoms with E-state index in [9.17, 15) is 0 Å². The third-order valence-electron chi connectivity index (χ3n) is 2.76. The number of nitrogens with zero attached hydrogens (tertiary/aromatic N) is 1. The van der Waals surface area contributed by atoms with Crippen molar-refractivity contribution in [2.75, 3.05) is 13.2 Å². The molecule has 1 fully saturated rings. The zero-order chi connectivity index (χ0) is 13.0. The fraction of sp³-hybridized carbons (Fsp3) is 0.615. The fourth-order valence-electron chi connectivity index (χ4n) is 1.78. The van der Waals surface area contributed by atoms with Gasteiger partial charge in [-0.1, -0.05) is 13.8 Å². The number of halogens is 1. The molecule has 1 unspecified atom stereocenters. The second-order valence-electron chi connectivity index (χ2n) is 4.76. The third-order valence-corrected chi connectivity index (χ3v) is 3.19. The van der Waals surface area contributed by atoms with E-state index in [1.807, 2.05) is 6.07 Å². The van der Waals surface area contributed by atoms with Gasteiger partial charge < -0.3 is 14.8 Å². The van der Waals surface area contributed by atoms with Crippen LogP contribution in [0.4, 0.5) is 0 Å². The molecule has 0 aromatic carbocycles. The van der Waals surface area contributed by atoms with Gasteiger partial charge in [0.15, 0.2) is 0 Å². The van der Waals surface area contributed by atoms with E-state index in [2.05, 4.69) is 40.1 Å². The highest BCUT2D eigenvalue weighted by Crippen LogP contribution is 2.22. The summed E-state index contributed by atoms with van der Waals surface area (Å²) in [6, 6.07) is 2.49. The van der Waals surface area contributed by atoms with Crippen molar-refractivity contribution >= 4 is 15.9 Å². The summed E-state index contributed by atoms with van der Waals surface area (Å²) < 4.78 is 12.2. The summed E-state index contributed by atoms with van der Waals surface area (Å²) in [6.07, 6.45) is 2.84. The van der Waals surface area contributed by atoms with Crippen LogP contribution >= 0.6 is 15.9 Å². The van der Waals surface area contributed by atoms with Crippen molar-refractivity contribution in [3.63, 3.8) is 0 Å². The fourth-order valence-corrected chi connectivity index (χ4v) is 2.16. The van der Waals surface area contributed by atoms with Gasteiger partial charge in [-0.15, -0.1) is 0 Å². The highest BCUT2D eigenvalue weighted by Gasteiger charge is 2.19. The smallest absolute Gasteiger partial charge is 0.218 e. The number of ether oxygens (including phenoxy) is 2. The summed E-state index contributed by atoms with van der Waals surface area (Å²) in [7, 11) is 0. The maximum absolute atomic E-state index is 5.90. The molecule has 1 aromatic rings. The lowest BCUT2D eigenvalue weighted by molar-refractivity contribution is 0.137. The van der Waals surface area contributed by atoms with Crippen molar-refractivity contribution in [2.24, 2.45) is 0 Å². The Balaban J connectivity index is 2.06. The molecule has 0 amide bonds. The van der Waals surface area contributed by atoms with Crippen LogP contribution in [0, 0.1) is 0 Å². The van der Waals surface area contributed by atoms with Crippen LogP contribution in [0.2, 0.25) is 0 Å². The van der Waals surface area contributed by atoms with E-state index >= 15 is 0 Å². The molecular formula is C13H19BrN2O2. The second kappa shape index (κ2) is 6.50. The molecule has 4 nitrogen and oxygen atoms in total. The zero-order valence-corrected chi connectivity index (χ0v) is 12.4. The second-order valence-corrected chi connectivity index (χ2v) is 5.67. The summed E-state index contributed by atoms with van der Waals surface area (Å²) in [4.78, 5) is 4.36. The molecule has 1 saturated heterocycles. The van der Waals surface area contributed by atoms with Crippen LogP contribution in [0.25, 0.3) is 0 Å². The molecule has 1 aliphatic heterocycles. The van der Waals surface area contributed by atoms with Gasteiger partial charge in [-0.25, -0.2) is 4.98 Å². The molecule has 0 spiro atoms. The van der Waals surface area contributed by atoms with Crippen molar-refractivity contribution in [1.29, 1.82) is 0 Å². The summed E-state index contributed by atoms with van der Waals surface area (Å²) in [5.74, 6) is 0.710. The Bertz CT molecular complexity index is 393. The number of hydrogen-bond acceptors (Lipinski definition) is 4. The minimum absolute atomic E-state index is 0.136. The van der Waals surface area contributed by atoms with Crippen LogP contribution in [-0.4, -0.2) is 30.3 Å². The number of hydrogen-bond donors (Lipinski definition) is 1. The Labute approximate surface area is 116 Å². The van der Waals surface area contributed by atoms with Crippen molar-refractivity contribution < 1.29 is 9.47 Å². The van der Waals surface area contributed by atoms with E-state index < -0.39 is 0 Å². The van der Waals surface area contributed by atoms with Crippen LogP contribution in [0.5, 0.6) is 5.88 Å². The number of nitrogens with one attached hydrogen (secondary N) is 1. The van der Waals surface area contributed by atoms with Gasteiger partial charge in [0.25, 0.3) is 0 Å². The molecular weight excluding hydrogens is 296 g/mol. The Kier molecular flexibility index (Phi) is 4.97. The van der Waals surface area contributed by atoms with Gasteiger partial charge >= 0.3 is 0 Å². The molecule has 1 N–H and O–H groups in total. The van der Waals surface area contributed by atoms with E-state index in [0.29, 0.717) is 18.5 Å². The average molecular weight is 315 g/mol. The normalized spacial score (nSPS) is 19.4. The molecule has 18 heavy (non-hydrogen) atoms. The van der Waals surface area contributed by atoms with Gasteiger partial charge in [0.05, 0.1) is 13.2 Å². The van der Waals surface area contributed by atoms with E-state index in [1.165, 1.54) is 0 Å².